The fourth-order valence-electron chi connectivity index (χ4n) is 2.46. The Morgan fingerprint density at radius 3 is 2.88 bits per heavy atom. The molecule has 3 rings (SSSR count). The topological polar surface area (TPSA) is 45.5 Å². The lowest BCUT2D eigenvalue weighted by molar-refractivity contribution is 0.474. The largest absolute Gasteiger partial charge is 0.507 e. The van der Waals surface area contributed by atoms with Crippen LogP contribution in [0.3, 0.4) is 0 Å². The Bertz CT molecular complexity index is 858. The Balaban J connectivity index is 1.67. The van der Waals surface area contributed by atoms with Crippen LogP contribution in [0.25, 0.3) is 10.2 Å². The van der Waals surface area contributed by atoms with Gasteiger partial charge in [0.25, 0.3) is 0 Å². The molecule has 0 aliphatic rings. The number of benzene rings is 2. The summed E-state index contributed by atoms with van der Waals surface area (Å²) in [7, 11) is 0. The van der Waals surface area contributed by atoms with E-state index in [1.807, 2.05) is 36.0 Å². The summed E-state index contributed by atoms with van der Waals surface area (Å²) < 4.78 is 2.29. The SMILES string of the molecule is CCCCCCSc1nc2ccc(N=Cc3ccccc3O)cc2s1. The van der Waals surface area contributed by atoms with Gasteiger partial charge < -0.3 is 5.11 Å². The molecule has 0 atom stereocenters. The zero-order chi connectivity index (χ0) is 17.5. The molecule has 0 fully saturated rings. The number of thioether (sulfide) groups is 1. The van der Waals surface area contributed by atoms with Crippen LogP contribution in [-0.2, 0) is 0 Å². The highest BCUT2D eigenvalue weighted by Gasteiger charge is 2.05. The minimum absolute atomic E-state index is 0.242. The van der Waals surface area contributed by atoms with Gasteiger partial charge in [0.05, 0.1) is 15.9 Å². The number of hydrogen-bond donors (Lipinski definition) is 1. The van der Waals surface area contributed by atoms with E-state index in [1.165, 1.54) is 25.7 Å². The molecule has 0 amide bonds. The smallest absolute Gasteiger partial charge is 0.151 e. The summed E-state index contributed by atoms with van der Waals surface area (Å²) in [6.45, 7) is 2.24. The molecule has 25 heavy (non-hydrogen) atoms. The number of rotatable bonds is 8. The summed E-state index contributed by atoms with van der Waals surface area (Å²) in [6.07, 6.45) is 6.85. The molecule has 0 bridgehead atoms. The molecule has 0 saturated carbocycles. The molecule has 130 valence electrons. The first-order chi connectivity index (χ1) is 12.3. The monoisotopic (exact) mass is 370 g/mol. The van der Waals surface area contributed by atoms with E-state index in [0.717, 1.165) is 31.6 Å². The lowest BCUT2D eigenvalue weighted by atomic mass is 10.2. The van der Waals surface area contributed by atoms with Crippen LogP contribution in [0.5, 0.6) is 5.75 Å². The van der Waals surface area contributed by atoms with Crippen LogP contribution in [0.15, 0.2) is 51.8 Å². The fraction of sp³-hybridized carbons (Fsp3) is 0.300. The van der Waals surface area contributed by atoms with Gasteiger partial charge in [-0.2, -0.15) is 0 Å². The van der Waals surface area contributed by atoms with Gasteiger partial charge in [0.1, 0.15) is 5.75 Å². The Morgan fingerprint density at radius 1 is 1.16 bits per heavy atom. The minimum Gasteiger partial charge on any atom is -0.507 e. The van der Waals surface area contributed by atoms with Crippen molar-refractivity contribution in [2.45, 2.75) is 36.9 Å². The van der Waals surface area contributed by atoms with Gasteiger partial charge in [0.2, 0.25) is 0 Å². The molecule has 0 saturated heterocycles. The van der Waals surface area contributed by atoms with Gasteiger partial charge in [0, 0.05) is 17.5 Å². The maximum atomic E-state index is 9.80. The van der Waals surface area contributed by atoms with Crippen molar-refractivity contribution in [2.75, 3.05) is 5.75 Å². The summed E-state index contributed by atoms with van der Waals surface area (Å²) in [5.41, 5.74) is 2.62. The highest BCUT2D eigenvalue weighted by Crippen LogP contribution is 2.32. The third kappa shape index (κ3) is 5.06. The number of para-hydroxylation sites is 1. The van der Waals surface area contributed by atoms with Crippen LogP contribution >= 0.6 is 23.1 Å². The van der Waals surface area contributed by atoms with E-state index in [9.17, 15) is 5.11 Å². The Morgan fingerprint density at radius 2 is 2.04 bits per heavy atom. The van der Waals surface area contributed by atoms with Crippen LogP contribution in [0, 0.1) is 0 Å². The van der Waals surface area contributed by atoms with Crippen molar-refractivity contribution in [1.29, 1.82) is 0 Å². The number of aromatic hydroxyl groups is 1. The molecular formula is C20H22N2OS2. The van der Waals surface area contributed by atoms with Gasteiger partial charge in [-0.1, -0.05) is 50.1 Å². The van der Waals surface area contributed by atoms with Crippen LogP contribution in [0.1, 0.15) is 38.2 Å². The second-order valence-electron chi connectivity index (χ2n) is 5.86. The van der Waals surface area contributed by atoms with Crippen LogP contribution in [0.2, 0.25) is 0 Å². The number of phenols is 1. The lowest BCUT2D eigenvalue weighted by Gasteiger charge is -1.97. The van der Waals surface area contributed by atoms with Gasteiger partial charge in [-0.3, -0.25) is 4.99 Å². The van der Waals surface area contributed by atoms with Gasteiger partial charge in [0.15, 0.2) is 4.34 Å². The number of fused-ring (bicyclic) bond motifs is 1. The first-order valence-corrected chi connectivity index (χ1v) is 10.4. The van der Waals surface area contributed by atoms with Crippen molar-refractivity contribution >= 4 is 45.2 Å². The van der Waals surface area contributed by atoms with Gasteiger partial charge in [-0.15, -0.1) is 11.3 Å². The molecule has 0 unspecified atom stereocenters. The molecule has 0 spiro atoms. The van der Waals surface area contributed by atoms with Gasteiger partial charge in [-0.05, 0) is 36.8 Å². The second kappa shape index (κ2) is 9.02. The third-order valence-electron chi connectivity index (χ3n) is 3.87. The van der Waals surface area contributed by atoms with E-state index >= 15 is 0 Å². The molecular weight excluding hydrogens is 348 g/mol. The molecule has 0 aliphatic heterocycles. The molecule has 1 N–H and O–H groups in total. The highest BCUT2D eigenvalue weighted by molar-refractivity contribution is 8.01. The third-order valence-corrected chi connectivity index (χ3v) is 6.11. The number of aliphatic imine (C=N–C) groups is 1. The Labute approximate surface area is 156 Å². The van der Waals surface area contributed by atoms with Gasteiger partial charge >= 0.3 is 0 Å². The predicted molar refractivity (Wildman–Crippen MR) is 110 cm³/mol. The van der Waals surface area contributed by atoms with Crippen molar-refractivity contribution in [3.63, 3.8) is 0 Å². The van der Waals surface area contributed by atoms with E-state index in [1.54, 1.807) is 29.7 Å². The van der Waals surface area contributed by atoms with E-state index < -0.39 is 0 Å². The van der Waals surface area contributed by atoms with Gasteiger partial charge in [-0.25, -0.2) is 4.98 Å². The molecule has 0 radical (unpaired) electrons. The molecule has 1 heterocycles. The van der Waals surface area contributed by atoms with Crippen LogP contribution in [-0.4, -0.2) is 22.1 Å². The average Bonchev–Trinajstić information content (AvgIpc) is 3.03. The molecule has 2 aromatic carbocycles. The van der Waals surface area contributed by atoms with Crippen LogP contribution < -0.4 is 0 Å². The standard InChI is InChI=1S/C20H22N2OS2/c1-2-3-4-7-12-24-20-22-17-11-10-16(13-19(17)25-20)21-14-15-8-5-6-9-18(15)23/h5-6,8-11,13-14,23H,2-4,7,12H2,1H3. The predicted octanol–water partition coefficient (Wildman–Crippen LogP) is 6.42. The van der Waals surface area contributed by atoms with E-state index in [0.29, 0.717) is 0 Å². The number of nitrogens with zero attached hydrogens (tertiary/aromatic N) is 2. The van der Waals surface area contributed by atoms with E-state index in [2.05, 4.69) is 18.0 Å². The molecule has 3 aromatic rings. The minimum atomic E-state index is 0.242. The Hall–Kier alpha value is -1.85. The first-order valence-electron chi connectivity index (χ1n) is 8.61. The van der Waals surface area contributed by atoms with Crippen molar-refractivity contribution in [3.05, 3.63) is 48.0 Å². The summed E-state index contributed by atoms with van der Waals surface area (Å²) in [6, 6.07) is 13.2. The normalized spacial score (nSPS) is 11.6. The maximum absolute atomic E-state index is 9.80. The quantitative estimate of drug-likeness (QED) is 0.282. The summed E-state index contributed by atoms with van der Waals surface area (Å²) in [5, 5.41) is 9.80. The number of thiazole rings is 1. The summed E-state index contributed by atoms with van der Waals surface area (Å²) in [4.78, 5) is 9.17. The average molecular weight is 371 g/mol. The Kier molecular flexibility index (Phi) is 6.48. The number of phenolic OH excluding ortho intramolecular Hbond substituents is 1. The summed E-state index contributed by atoms with van der Waals surface area (Å²) >= 11 is 3.58. The van der Waals surface area contributed by atoms with E-state index in [4.69, 9.17) is 4.98 Å². The molecule has 1 aromatic heterocycles. The van der Waals surface area contributed by atoms with Crippen molar-refractivity contribution in [3.8, 4) is 5.75 Å². The van der Waals surface area contributed by atoms with Crippen LogP contribution in [0.4, 0.5) is 5.69 Å². The molecule has 5 heteroatoms. The molecule has 3 nitrogen and oxygen atoms in total. The van der Waals surface area contributed by atoms with Crippen molar-refractivity contribution in [2.24, 2.45) is 4.99 Å². The van der Waals surface area contributed by atoms with Crippen molar-refractivity contribution in [1.82, 2.24) is 4.98 Å². The maximum Gasteiger partial charge on any atom is 0.151 e. The lowest BCUT2D eigenvalue weighted by Crippen LogP contribution is -1.80. The first kappa shape index (κ1) is 18.0. The number of aromatic nitrogens is 1. The summed E-state index contributed by atoms with van der Waals surface area (Å²) in [5.74, 6) is 1.38. The van der Waals surface area contributed by atoms with E-state index in [-0.39, 0.29) is 5.75 Å². The fourth-order valence-corrected chi connectivity index (χ4v) is 4.63. The zero-order valence-electron chi connectivity index (χ0n) is 14.3. The highest BCUT2D eigenvalue weighted by atomic mass is 32.2. The van der Waals surface area contributed by atoms with Crippen molar-refractivity contribution < 1.29 is 5.11 Å². The molecule has 0 aliphatic carbocycles. The number of hydrogen-bond acceptors (Lipinski definition) is 5. The number of unbranched alkanes of at least 4 members (excludes halogenated alkanes) is 3. The second-order valence-corrected chi connectivity index (χ2v) is 8.23. The zero-order valence-corrected chi connectivity index (χ0v) is 15.9.